The van der Waals surface area contributed by atoms with Gasteiger partial charge in [-0.1, -0.05) is 65.3 Å². The molecule has 7 rings (SSSR count). The first-order chi connectivity index (χ1) is 28.8. The van der Waals surface area contributed by atoms with Crippen molar-refractivity contribution in [2.24, 2.45) is 50.2 Å². The first-order valence-electron chi connectivity index (χ1n) is 23.1. The van der Waals surface area contributed by atoms with Crippen molar-refractivity contribution in [2.75, 3.05) is 26.9 Å². The van der Waals surface area contributed by atoms with Gasteiger partial charge in [0.15, 0.2) is 6.10 Å². The number of fused-ring (bicyclic) bond motifs is 7. The fraction of sp³-hybridized carbons (Fsp3) is 0.760. The van der Waals surface area contributed by atoms with Gasteiger partial charge in [-0.05, 0) is 142 Å². The predicted octanol–water partition coefficient (Wildman–Crippen LogP) is 7.82. The second-order valence-corrected chi connectivity index (χ2v) is 21.2. The summed E-state index contributed by atoms with van der Waals surface area (Å²) < 4.78 is 35.9. The summed E-state index contributed by atoms with van der Waals surface area (Å²) in [5.41, 5.74) is -0.162. The number of carbonyl (C=O) groups excluding carboxylic acids is 2. The quantitative estimate of drug-likeness (QED) is 0.114. The number of carbonyl (C=O) groups is 2. The molecule has 0 radical (unpaired) electrons. The van der Waals surface area contributed by atoms with Crippen molar-refractivity contribution in [1.82, 2.24) is 0 Å². The molecule has 11 heteroatoms. The third-order valence-electron chi connectivity index (χ3n) is 17.6. The molecule has 4 saturated carbocycles. The monoisotopic (exact) mass is 851 g/mol. The van der Waals surface area contributed by atoms with Gasteiger partial charge in [-0.25, -0.2) is 4.79 Å². The first kappa shape index (κ1) is 46.2. The molecule has 0 amide bonds. The predicted molar refractivity (Wildman–Crippen MR) is 231 cm³/mol. The Kier molecular flexibility index (Phi) is 12.8. The molecule has 0 bridgehead atoms. The molecule has 1 heterocycles. The fourth-order valence-electron chi connectivity index (χ4n) is 14.1. The molecular weight excluding hydrogens is 777 g/mol. The van der Waals surface area contributed by atoms with E-state index in [2.05, 4.69) is 47.6 Å². The van der Waals surface area contributed by atoms with Gasteiger partial charge in [0.05, 0.1) is 32.0 Å². The van der Waals surface area contributed by atoms with Crippen LogP contribution in [-0.2, 0) is 33.3 Å². The van der Waals surface area contributed by atoms with Crippen molar-refractivity contribution in [3.8, 4) is 5.75 Å². The van der Waals surface area contributed by atoms with Crippen LogP contribution in [0.4, 0.5) is 0 Å². The van der Waals surface area contributed by atoms with Crippen molar-refractivity contribution in [2.45, 2.75) is 163 Å². The molecule has 11 nitrogen and oxygen atoms in total. The number of aliphatic hydroxyl groups excluding tert-OH is 3. The molecule has 1 aromatic rings. The van der Waals surface area contributed by atoms with Crippen molar-refractivity contribution in [3.05, 3.63) is 47.6 Å². The normalized spacial score (nSPS) is 44.1. The third kappa shape index (κ3) is 7.52. The van der Waals surface area contributed by atoms with Crippen molar-refractivity contribution >= 4 is 18.0 Å². The minimum Gasteiger partial charge on any atom is -0.497 e. The molecule has 0 spiro atoms. The molecular formula is C50H74O11. The molecule has 1 aromatic carbocycles. The highest BCUT2D eigenvalue weighted by Crippen LogP contribution is 2.76. The Balaban J connectivity index is 1.15. The number of hydrogen-bond acceptors (Lipinski definition) is 11. The van der Waals surface area contributed by atoms with Crippen LogP contribution in [-0.4, -0.2) is 97.1 Å². The smallest absolute Gasteiger partial charge is 0.331 e. The summed E-state index contributed by atoms with van der Waals surface area (Å²) in [5.74, 6) is -0.142. The highest BCUT2D eigenvalue weighted by molar-refractivity contribution is 5.87. The Hall–Kier alpha value is -2.80. The number of aliphatic hydroxyl groups is 3. The summed E-state index contributed by atoms with van der Waals surface area (Å²) in [6, 6.07) is 7.20. The number of hydrogen-bond donors (Lipinski definition) is 3. The van der Waals surface area contributed by atoms with E-state index in [9.17, 15) is 20.1 Å². The molecule has 61 heavy (non-hydrogen) atoms. The lowest BCUT2D eigenvalue weighted by molar-refractivity contribution is -0.302. The molecule has 1 aliphatic heterocycles. The SMILES string of the molecule is CCOC1C(OC(=O)[C@]23CCC(C)(C)CC2C2=CCC4[C@@]5(C)CCC(OCC)C(C)(CO)C5CC[C@@]4(C)[C@]2(C)CC3O)OC(C)C(OC(=O)/C=C/c2ccc(OC)cc2)C1O. The Labute approximate surface area is 363 Å². The number of esters is 2. The van der Waals surface area contributed by atoms with Crippen molar-refractivity contribution in [3.63, 3.8) is 0 Å². The molecule has 11 unspecified atom stereocenters. The zero-order valence-electron chi connectivity index (χ0n) is 38.4. The standard InChI is InChI=1S/C50H74O11/c1-11-57-38-22-23-46(6)35(47(38,7)29-51)21-24-48(8)36(46)19-18-33-34-27-45(4,5)25-26-50(34,37(52)28-49(33,48)9)44(55)61-43-42(58-12-2)40(54)41(30(3)59-43)60-39(53)20-15-31-13-16-32(56-10)17-14-31/h13-18,20,30,34-38,40-43,51-52,54H,11-12,19,21-29H2,1-10H3/b20-15+/t30?,34?,35?,36?,37?,38?,40?,41?,42?,43?,46-,47?,48+,49+,50+/m0/s1. The summed E-state index contributed by atoms with van der Waals surface area (Å²) in [6.07, 6.45) is 5.77. The Morgan fingerprint density at radius 2 is 1.57 bits per heavy atom. The van der Waals surface area contributed by atoms with E-state index < -0.39 is 54.2 Å². The van der Waals surface area contributed by atoms with Crippen LogP contribution in [0.25, 0.3) is 6.08 Å². The van der Waals surface area contributed by atoms with E-state index in [0.717, 1.165) is 50.5 Å². The van der Waals surface area contributed by atoms with Crippen LogP contribution in [0.3, 0.4) is 0 Å². The van der Waals surface area contributed by atoms with E-state index in [1.165, 1.54) is 11.6 Å². The van der Waals surface area contributed by atoms with Crippen molar-refractivity contribution in [1.29, 1.82) is 0 Å². The number of methoxy groups -OCH3 is 1. The second kappa shape index (κ2) is 17.0. The summed E-state index contributed by atoms with van der Waals surface area (Å²) in [4.78, 5) is 28.1. The maximum atomic E-state index is 15.1. The van der Waals surface area contributed by atoms with Crippen LogP contribution in [0.2, 0.25) is 0 Å². The highest BCUT2D eigenvalue weighted by Gasteiger charge is 2.72. The summed E-state index contributed by atoms with van der Waals surface area (Å²) >= 11 is 0. The largest absolute Gasteiger partial charge is 0.497 e. The number of rotatable bonds is 11. The van der Waals surface area contributed by atoms with Gasteiger partial charge in [-0.2, -0.15) is 0 Å². The molecule has 1 saturated heterocycles. The van der Waals surface area contributed by atoms with E-state index in [0.29, 0.717) is 37.0 Å². The maximum Gasteiger partial charge on any atom is 0.331 e. The number of allylic oxidation sites excluding steroid dienone is 2. The Bertz CT molecular complexity index is 1820. The topological polar surface area (TPSA) is 150 Å². The minimum atomic E-state index is -1.36. The van der Waals surface area contributed by atoms with Crippen LogP contribution in [0.5, 0.6) is 5.75 Å². The lowest BCUT2D eigenvalue weighted by Crippen LogP contribution is -2.68. The molecule has 340 valence electrons. The Morgan fingerprint density at radius 1 is 0.869 bits per heavy atom. The summed E-state index contributed by atoms with van der Waals surface area (Å²) in [7, 11) is 1.58. The van der Waals surface area contributed by atoms with Crippen LogP contribution in [0, 0.1) is 50.2 Å². The van der Waals surface area contributed by atoms with Gasteiger partial charge in [-0.15, -0.1) is 0 Å². The molecule has 5 fully saturated rings. The Morgan fingerprint density at radius 3 is 2.23 bits per heavy atom. The molecule has 15 atom stereocenters. The van der Waals surface area contributed by atoms with Gasteiger partial charge in [0.1, 0.15) is 23.4 Å². The zero-order valence-corrected chi connectivity index (χ0v) is 38.4. The number of ether oxygens (including phenoxy) is 6. The average molecular weight is 851 g/mol. The van der Waals surface area contributed by atoms with E-state index in [1.54, 1.807) is 39.2 Å². The second-order valence-electron chi connectivity index (χ2n) is 21.2. The van der Waals surface area contributed by atoms with Gasteiger partial charge in [0.2, 0.25) is 6.29 Å². The van der Waals surface area contributed by atoms with Crippen LogP contribution < -0.4 is 4.74 Å². The summed E-state index contributed by atoms with van der Waals surface area (Å²) in [5, 5.41) is 35.4. The average Bonchev–Trinajstić information content (AvgIpc) is 3.21. The maximum absolute atomic E-state index is 15.1. The van der Waals surface area contributed by atoms with Gasteiger partial charge < -0.3 is 43.7 Å². The molecule has 6 aliphatic rings. The fourth-order valence-corrected chi connectivity index (χ4v) is 14.1. The highest BCUT2D eigenvalue weighted by atomic mass is 16.7. The first-order valence-corrected chi connectivity index (χ1v) is 23.1. The van der Waals surface area contributed by atoms with Gasteiger partial charge >= 0.3 is 11.9 Å². The molecule has 3 N–H and O–H groups in total. The van der Waals surface area contributed by atoms with E-state index in [1.807, 2.05) is 19.1 Å². The molecule has 5 aliphatic carbocycles. The van der Waals surface area contributed by atoms with Crippen LogP contribution in [0.1, 0.15) is 126 Å². The van der Waals surface area contributed by atoms with Gasteiger partial charge in [0.25, 0.3) is 0 Å². The summed E-state index contributed by atoms with van der Waals surface area (Å²) in [6.45, 7) is 20.4. The lowest BCUT2D eigenvalue weighted by atomic mass is 9.33. The van der Waals surface area contributed by atoms with E-state index in [-0.39, 0.29) is 52.3 Å². The van der Waals surface area contributed by atoms with Crippen LogP contribution >= 0.6 is 0 Å². The zero-order chi connectivity index (χ0) is 44.3. The van der Waals surface area contributed by atoms with Crippen molar-refractivity contribution < 1.29 is 53.3 Å². The van der Waals surface area contributed by atoms with Crippen LogP contribution in [0.15, 0.2) is 42.0 Å². The number of benzene rings is 1. The van der Waals surface area contributed by atoms with Gasteiger partial charge in [0, 0.05) is 24.7 Å². The third-order valence-corrected chi connectivity index (χ3v) is 17.6. The lowest BCUT2D eigenvalue weighted by Gasteiger charge is -2.72. The minimum absolute atomic E-state index is 0.0242. The molecule has 0 aromatic heterocycles. The van der Waals surface area contributed by atoms with E-state index in [4.69, 9.17) is 28.4 Å². The van der Waals surface area contributed by atoms with Gasteiger partial charge in [-0.3, -0.25) is 4.79 Å². The van der Waals surface area contributed by atoms with E-state index >= 15 is 4.79 Å².